The monoisotopic (exact) mass is 338 g/mol. The number of rotatable bonds is 4. The van der Waals surface area contributed by atoms with E-state index in [2.05, 4.69) is 33.9 Å². The summed E-state index contributed by atoms with van der Waals surface area (Å²) in [4.78, 5) is 4.42. The molecule has 1 atom stereocenters. The summed E-state index contributed by atoms with van der Waals surface area (Å²) in [7, 11) is 0. The molecule has 1 aromatic heterocycles. The van der Waals surface area contributed by atoms with Gasteiger partial charge in [0, 0.05) is 15.7 Å². The van der Waals surface area contributed by atoms with Crippen LogP contribution in [-0.2, 0) is 12.8 Å². The number of benzene rings is 1. The van der Waals surface area contributed by atoms with Crippen molar-refractivity contribution in [3.63, 3.8) is 0 Å². The lowest BCUT2D eigenvalue weighted by Gasteiger charge is -2.15. The van der Waals surface area contributed by atoms with E-state index in [-0.39, 0.29) is 6.04 Å². The van der Waals surface area contributed by atoms with Crippen LogP contribution >= 0.6 is 27.5 Å². The lowest BCUT2D eigenvalue weighted by Crippen LogP contribution is -2.17. The van der Waals surface area contributed by atoms with Gasteiger partial charge in [0.15, 0.2) is 0 Å². The van der Waals surface area contributed by atoms with Gasteiger partial charge in [-0.3, -0.25) is 4.98 Å². The van der Waals surface area contributed by atoms with Crippen molar-refractivity contribution in [1.82, 2.24) is 4.98 Å². The van der Waals surface area contributed by atoms with E-state index in [4.69, 9.17) is 17.3 Å². The van der Waals surface area contributed by atoms with Crippen LogP contribution in [-0.4, -0.2) is 4.98 Å². The van der Waals surface area contributed by atoms with Crippen molar-refractivity contribution in [3.8, 4) is 0 Å². The lowest BCUT2D eigenvalue weighted by atomic mass is 9.99. The standard InChI is InChI=1S/C15H16BrClN2/c1-2-10-4-3-7-19-15(10)14(18)8-11-5-6-12(16)9-13(11)17/h3-7,9,14H,2,8,18H2,1H3. The molecule has 1 heterocycles. The third-order valence-corrected chi connectivity index (χ3v) is 3.96. The maximum atomic E-state index is 6.28. The first-order valence-electron chi connectivity index (χ1n) is 6.25. The van der Waals surface area contributed by atoms with Gasteiger partial charge in [-0.1, -0.05) is 46.6 Å². The molecule has 0 spiro atoms. The quantitative estimate of drug-likeness (QED) is 0.902. The smallest absolute Gasteiger partial charge is 0.0606 e. The largest absolute Gasteiger partial charge is 0.322 e. The Morgan fingerprint density at radius 2 is 2.11 bits per heavy atom. The highest BCUT2D eigenvalue weighted by Gasteiger charge is 2.14. The fourth-order valence-electron chi connectivity index (χ4n) is 2.10. The van der Waals surface area contributed by atoms with E-state index in [0.717, 1.165) is 27.2 Å². The van der Waals surface area contributed by atoms with Gasteiger partial charge in [0.25, 0.3) is 0 Å². The van der Waals surface area contributed by atoms with E-state index in [1.54, 1.807) is 6.20 Å². The predicted molar refractivity (Wildman–Crippen MR) is 83.4 cm³/mol. The summed E-state index contributed by atoms with van der Waals surface area (Å²) in [6, 6.07) is 9.76. The highest BCUT2D eigenvalue weighted by Crippen LogP contribution is 2.26. The number of hydrogen-bond acceptors (Lipinski definition) is 2. The molecule has 0 radical (unpaired) electrons. The van der Waals surface area contributed by atoms with Crippen molar-refractivity contribution in [2.45, 2.75) is 25.8 Å². The fraction of sp³-hybridized carbons (Fsp3) is 0.267. The Kier molecular flexibility index (Phi) is 4.97. The van der Waals surface area contributed by atoms with E-state index in [0.29, 0.717) is 6.42 Å². The van der Waals surface area contributed by atoms with Gasteiger partial charge in [-0.25, -0.2) is 0 Å². The molecule has 1 aromatic carbocycles. The summed E-state index contributed by atoms with van der Waals surface area (Å²) in [6.45, 7) is 2.11. The van der Waals surface area contributed by atoms with Crippen LogP contribution in [0.15, 0.2) is 41.0 Å². The normalized spacial score (nSPS) is 12.4. The molecule has 0 amide bonds. The summed E-state index contributed by atoms with van der Waals surface area (Å²) in [5.41, 5.74) is 9.48. The lowest BCUT2D eigenvalue weighted by molar-refractivity contribution is 0.685. The summed E-state index contributed by atoms with van der Waals surface area (Å²) < 4.78 is 0.974. The zero-order valence-electron chi connectivity index (χ0n) is 10.7. The van der Waals surface area contributed by atoms with Crippen LogP contribution in [0.4, 0.5) is 0 Å². The SMILES string of the molecule is CCc1cccnc1C(N)Cc1ccc(Br)cc1Cl. The molecule has 0 aliphatic carbocycles. The van der Waals surface area contributed by atoms with Gasteiger partial charge in [0.1, 0.15) is 0 Å². The molecule has 2 aromatic rings. The second kappa shape index (κ2) is 6.51. The van der Waals surface area contributed by atoms with Crippen LogP contribution in [0.25, 0.3) is 0 Å². The Labute approximate surface area is 127 Å². The van der Waals surface area contributed by atoms with Crippen LogP contribution < -0.4 is 5.73 Å². The van der Waals surface area contributed by atoms with Crippen LogP contribution in [0.1, 0.15) is 29.8 Å². The number of nitrogens with two attached hydrogens (primary N) is 1. The average molecular weight is 340 g/mol. The average Bonchev–Trinajstić information content (AvgIpc) is 2.41. The van der Waals surface area contributed by atoms with Crippen molar-refractivity contribution in [3.05, 3.63) is 62.8 Å². The van der Waals surface area contributed by atoms with Crippen LogP contribution in [0.2, 0.25) is 5.02 Å². The molecular formula is C15H16BrClN2. The summed E-state index contributed by atoms with van der Waals surface area (Å²) in [5.74, 6) is 0. The molecular weight excluding hydrogens is 324 g/mol. The Morgan fingerprint density at radius 3 is 2.79 bits per heavy atom. The molecule has 4 heteroatoms. The van der Waals surface area contributed by atoms with E-state index in [1.165, 1.54) is 5.56 Å². The molecule has 2 nitrogen and oxygen atoms in total. The second-order valence-electron chi connectivity index (χ2n) is 4.45. The minimum absolute atomic E-state index is 0.130. The van der Waals surface area contributed by atoms with Crippen molar-refractivity contribution in [1.29, 1.82) is 0 Å². The van der Waals surface area contributed by atoms with Gasteiger partial charge in [-0.05, 0) is 42.2 Å². The zero-order valence-corrected chi connectivity index (χ0v) is 13.1. The number of hydrogen-bond donors (Lipinski definition) is 1. The number of nitrogens with zero attached hydrogens (tertiary/aromatic N) is 1. The predicted octanol–water partition coefficient (Wildman–Crippen LogP) is 4.30. The van der Waals surface area contributed by atoms with E-state index >= 15 is 0 Å². The van der Waals surface area contributed by atoms with Crippen molar-refractivity contribution < 1.29 is 0 Å². The van der Waals surface area contributed by atoms with Crippen molar-refractivity contribution in [2.24, 2.45) is 5.73 Å². The van der Waals surface area contributed by atoms with Crippen LogP contribution in [0.5, 0.6) is 0 Å². The number of aromatic nitrogens is 1. The molecule has 0 aliphatic rings. The highest BCUT2D eigenvalue weighted by atomic mass is 79.9. The van der Waals surface area contributed by atoms with Gasteiger partial charge in [-0.2, -0.15) is 0 Å². The topological polar surface area (TPSA) is 38.9 Å². The molecule has 0 bridgehead atoms. The molecule has 0 saturated heterocycles. The molecule has 1 unspecified atom stereocenters. The van der Waals surface area contributed by atoms with Crippen molar-refractivity contribution >= 4 is 27.5 Å². The summed E-state index contributed by atoms with van der Waals surface area (Å²) >= 11 is 9.63. The number of pyridine rings is 1. The van der Waals surface area contributed by atoms with E-state index in [9.17, 15) is 0 Å². The maximum Gasteiger partial charge on any atom is 0.0606 e. The van der Waals surface area contributed by atoms with Crippen molar-refractivity contribution in [2.75, 3.05) is 0 Å². The number of halogens is 2. The molecule has 0 aliphatic heterocycles. The molecule has 0 fully saturated rings. The van der Waals surface area contributed by atoms with E-state index in [1.807, 2.05) is 24.3 Å². The second-order valence-corrected chi connectivity index (χ2v) is 5.77. The zero-order chi connectivity index (χ0) is 13.8. The van der Waals surface area contributed by atoms with Gasteiger partial charge in [0.05, 0.1) is 11.7 Å². The maximum absolute atomic E-state index is 6.28. The first kappa shape index (κ1) is 14.5. The minimum Gasteiger partial charge on any atom is -0.322 e. The Balaban J connectivity index is 2.23. The molecule has 19 heavy (non-hydrogen) atoms. The molecule has 0 saturated carbocycles. The van der Waals surface area contributed by atoms with Gasteiger partial charge in [0.2, 0.25) is 0 Å². The Bertz CT molecular complexity index is 572. The molecule has 100 valence electrons. The first-order valence-corrected chi connectivity index (χ1v) is 7.42. The van der Waals surface area contributed by atoms with E-state index < -0.39 is 0 Å². The molecule has 2 rings (SSSR count). The Hall–Kier alpha value is -0.900. The summed E-state index contributed by atoms with van der Waals surface area (Å²) in [5, 5.41) is 0.735. The highest BCUT2D eigenvalue weighted by molar-refractivity contribution is 9.10. The van der Waals surface area contributed by atoms with Gasteiger partial charge in [-0.15, -0.1) is 0 Å². The minimum atomic E-state index is -0.130. The van der Waals surface area contributed by atoms with Gasteiger partial charge < -0.3 is 5.73 Å². The van der Waals surface area contributed by atoms with Crippen LogP contribution in [0, 0.1) is 0 Å². The Morgan fingerprint density at radius 1 is 1.32 bits per heavy atom. The first-order chi connectivity index (χ1) is 9.11. The number of aryl methyl sites for hydroxylation is 1. The van der Waals surface area contributed by atoms with Crippen LogP contribution in [0.3, 0.4) is 0 Å². The fourth-order valence-corrected chi connectivity index (χ4v) is 2.86. The third kappa shape index (κ3) is 3.56. The third-order valence-electron chi connectivity index (χ3n) is 3.11. The molecule has 2 N–H and O–H groups in total. The van der Waals surface area contributed by atoms with Gasteiger partial charge >= 0.3 is 0 Å². The summed E-state index contributed by atoms with van der Waals surface area (Å²) in [6.07, 6.45) is 3.42.